The van der Waals surface area contributed by atoms with Gasteiger partial charge >= 0.3 is 6.09 Å². The molecule has 1 aromatic carbocycles. The summed E-state index contributed by atoms with van der Waals surface area (Å²) in [5.41, 5.74) is 1.36. The van der Waals surface area contributed by atoms with Crippen LogP contribution in [-0.4, -0.2) is 55.2 Å². The summed E-state index contributed by atoms with van der Waals surface area (Å²) in [6, 6.07) is 7.74. The standard InChI is InChI=1S/C18H23ClN2O4/c1-4-24-17(22)21-10-16(23-3)18(11-21)9-15(20-25-18)12(2)13-6-5-7-14(19)8-13/h5-8,12,16H,4,9-11H2,1-3H3. The maximum atomic E-state index is 12.1. The van der Waals surface area contributed by atoms with Gasteiger partial charge in [0.2, 0.25) is 0 Å². The molecule has 2 aliphatic heterocycles. The summed E-state index contributed by atoms with van der Waals surface area (Å²) >= 11 is 6.10. The fourth-order valence-corrected chi connectivity index (χ4v) is 3.68. The van der Waals surface area contributed by atoms with E-state index in [-0.39, 0.29) is 18.1 Å². The number of halogens is 1. The first-order valence-electron chi connectivity index (χ1n) is 8.44. The molecule has 2 aliphatic rings. The molecular weight excluding hydrogens is 344 g/mol. The Morgan fingerprint density at radius 1 is 1.56 bits per heavy atom. The quantitative estimate of drug-likeness (QED) is 0.818. The molecule has 0 aromatic heterocycles. The molecule has 0 N–H and O–H groups in total. The lowest BCUT2D eigenvalue weighted by Gasteiger charge is -2.26. The number of hydrogen-bond donors (Lipinski definition) is 0. The van der Waals surface area contributed by atoms with Gasteiger partial charge in [-0.05, 0) is 24.6 Å². The lowest BCUT2D eigenvalue weighted by Crippen LogP contribution is -2.43. The SMILES string of the molecule is CCOC(=O)N1CC(OC)C2(CC(C(C)c3cccc(Cl)c3)=NO2)C1. The zero-order chi connectivity index (χ0) is 18.0. The molecule has 3 rings (SSSR count). The van der Waals surface area contributed by atoms with Crippen molar-refractivity contribution in [3.63, 3.8) is 0 Å². The third-order valence-corrected chi connectivity index (χ3v) is 5.15. The number of methoxy groups -OCH3 is 1. The molecule has 136 valence electrons. The van der Waals surface area contributed by atoms with Gasteiger partial charge in [-0.15, -0.1) is 0 Å². The maximum Gasteiger partial charge on any atom is 0.409 e. The van der Waals surface area contributed by atoms with Crippen molar-refractivity contribution >= 4 is 23.4 Å². The van der Waals surface area contributed by atoms with Gasteiger partial charge < -0.3 is 19.2 Å². The van der Waals surface area contributed by atoms with Crippen LogP contribution in [0.25, 0.3) is 0 Å². The highest BCUT2D eigenvalue weighted by molar-refractivity contribution is 6.30. The minimum Gasteiger partial charge on any atom is -0.450 e. The predicted molar refractivity (Wildman–Crippen MR) is 95.1 cm³/mol. The first kappa shape index (κ1) is 18.0. The van der Waals surface area contributed by atoms with Gasteiger partial charge in [0.25, 0.3) is 0 Å². The smallest absolute Gasteiger partial charge is 0.409 e. The summed E-state index contributed by atoms with van der Waals surface area (Å²) in [7, 11) is 1.63. The summed E-state index contributed by atoms with van der Waals surface area (Å²) in [6.07, 6.45) is 0.0147. The maximum absolute atomic E-state index is 12.1. The molecule has 6 nitrogen and oxygen atoms in total. The van der Waals surface area contributed by atoms with Crippen LogP contribution < -0.4 is 0 Å². The van der Waals surface area contributed by atoms with Crippen LogP contribution in [0.1, 0.15) is 31.7 Å². The van der Waals surface area contributed by atoms with Gasteiger partial charge in [0.05, 0.1) is 25.4 Å². The molecule has 1 spiro atoms. The molecule has 1 fully saturated rings. The topological polar surface area (TPSA) is 60.4 Å². The van der Waals surface area contributed by atoms with E-state index in [1.54, 1.807) is 18.9 Å². The molecule has 3 unspecified atom stereocenters. The van der Waals surface area contributed by atoms with Gasteiger partial charge in [0, 0.05) is 24.5 Å². The largest absolute Gasteiger partial charge is 0.450 e. The highest BCUT2D eigenvalue weighted by atomic mass is 35.5. The minimum absolute atomic E-state index is 0.0761. The normalized spacial score (nSPS) is 26.5. The molecule has 2 heterocycles. The lowest BCUT2D eigenvalue weighted by atomic mass is 9.86. The van der Waals surface area contributed by atoms with Gasteiger partial charge in [0.1, 0.15) is 6.10 Å². The lowest BCUT2D eigenvalue weighted by molar-refractivity contribution is -0.0903. The Balaban J connectivity index is 1.74. The summed E-state index contributed by atoms with van der Waals surface area (Å²) < 4.78 is 10.7. The molecular formula is C18H23ClN2O4. The number of rotatable bonds is 4. The van der Waals surface area contributed by atoms with Crippen molar-refractivity contribution < 1.29 is 19.1 Å². The number of ether oxygens (including phenoxy) is 2. The average Bonchev–Trinajstić information content (AvgIpc) is 3.19. The Morgan fingerprint density at radius 3 is 3.04 bits per heavy atom. The van der Waals surface area contributed by atoms with E-state index in [4.69, 9.17) is 25.9 Å². The Kier molecular flexibility index (Phi) is 5.20. The highest BCUT2D eigenvalue weighted by Crippen LogP contribution is 2.39. The van der Waals surface area contributed by atoms with Crippen molar-refractivity contribution in [1.29, 1.82) is 0 Å². The van der Waals surface area contributed by atoms with Crippen molar-refractivity contribution in [3.05, 3.63) is 34.9 Å². The van der Waals surface area contributed by atoms with Gasteiger partial charge in [0.15, 0.2) is 5.60 Å². The third-order valence-electron chi connectivity index (χ3n) is 4.92. The van der Waals surface area contributed by atoms with Crippen molar-refractivity contribution in [2.75, 3.05) is 26.8 Å². The fraction of sp³-hybridized carbons (Fsp3) is 0.556. The van der Waals surface area contributed by atoms with Crippen molar-refractivity contribution in [1.82, 2.24) is 4.90 Å². The van der Waals surface area contributed by atoms with Gasteiger partial charge in [-0.2, -0.15) is 0 Å². The molecule has 0 bridgehead atoms. The van der Waals surface area contributed by atoms with Gasteiger partial charge in [-0.25, -0.2) is 4.79 Å². The fourth-order valence-electron chi connectivity index (χ4n) is 3.48. The van der Waals surface area contributed by atoms with E-state index >= 15 is 0 Å². The van der Waals surface area contributed by atoms with Crippen LogP contribution in [0.5, 0.6) is 0 Å². The molecule has 1 amide bonds. The highest BCUT2D eigenvalue weighted by Gasteiger charge is 2.55. The number of hydrogen-bond acceptors (Lipinski definition) is 5. The number of carbonyl (C=O) groups is 1. The van der Waals surface area contributed by atoms with E-state index in [9.17, 15) is 4.79 Å². The number of amides is 1. The van der Waals surface area contributed by atoms with Crippen molar-refractivity contribution in [3.8, 4) is 0 Å². The van der Waals surface area contributed by atoms with Crippen LogP contribution >= 0.6 is 11.6 Å². The van der Waals surface area contributed by atoms with E-state index in [2.05, 4.69) is 12.1 Å². The summed E-state index contributed by atoms with van der Waals surface area (Å²) in [5, 5.41) is 5.03. The molecule has 0 saturated carbocycles. The second kappa shape index (κ2) is 7.22. The second-order valence-corrected chi connectivity index (χ2v) is 6.93. The Bertz CT molecular complexity index is 681. The Morgan fingerprint density at radius 2 is 2.36 bits per heavy atom. The van der Waals surface area contributed by atoms with Crippen LogP contribution in [0.15, 0.2) is 29.4 Å². The number of oxime groups is 1. The molecule has 3 atom stereocenters. The average molecular weight is 367 g/mol. The third kappa shape index (κ3) is 3.46. The van der Waals surface area contributed by atoms with Gasteiger partial charge in [-0.1, -0.05) is 35.8 Å². The Labute approximate surface area is 152 Å². The minimum atomic E-state index is -0.649. The van der Waals surface area contributed by atoms with E-state index in [0.29, 0.717) is 31.1 Å². The second-order valence-electron chi connectivity index (χ2n) is 6.50. The van der Waals surface area contributed by atoms with Gasteiger partial charge in [-0.3, -0.25) is 0 Å². The number of nitrogens with zero attached hydrogens (tertiary/aromatic N) is 2. The van der Waals surface area contributed by atoms with E-state index in [1.165, 1.54) is 0 Å². The van der Waals surface area contributed by atoms with Crippen LogP contribution in [0, 0.1) is 0 Å². The summed E-state index contributed by atoms with van der Waals surface area (Å²) in [5.74, 6) is 0.0761. The van der Waals surface area contributed by atoms with Crippen molar-refractivity contribution in [2.45, 2.75) is 37.9 Å². The molecule has 25 heavy (non-hydrogen) atoms. The number of carbonyl (C=O) groups excluding carboxylic acids is 1. The van der Waals surface area contributed by atoms with Crippen LogP contribution in [-0.2, 0) is 14.3 Å². The first-order chi connectivity index (χ1) is 12.0. The molecule has 1 aromatic rings. The summed E-state index contributed by atoms with van der Waals surface area (Å²) in [4.78, 5) is 19.5. The number of likely N-dealkylation sites (tertiary alicyclic amines) is 1. The van der Waals surface area contributed by atoms with E-state index < -0.39 is 5.60 Å². The molecule has 7 heteroatoms. The molecule has 1 saturated heterocycles. The molecule has 0 radical (unpaired) electrons. The summed E-state index contributed by atoms with van der Waals surface area (Å²) in [6.45, 7) is 5.04. The van der Waals surface area contributed by atoms with Crippen LogP contribution in [0.4, 0.5) is 4.79 Å². The zero-order valence-electron chi connectivity index (χ0n) is 14.7. The monoisotopic (exact) mass is 366 g/mol. The number of benzene rings is 1. The van der Waals surface area contributed by atoms with E-state index in [0.717, 1.165) is 11.3 Å². The zero-order valence-corrected chi connectivity index (χ0v) is 15.5. The van der Waals surface area contributed by atoms with Crippen LogP contribution in [0.3, 0.4) is 0 Å². The predicted octanol–water partition coefficient (Wildman–Crippen LogP) is 3.45. The molecule has 0 aliphatic carbocycles. The van der Waals surface area contributed by atoms with E-state index in [1.807, 2.05) is 24.3 Å². The Hall–Kier alpha value is -1.79. The first-order valence-corrected chi connectivity index (χ1v) is 8.81. The van der Waals surface area contributed by atoms with Crippen LogP contribution in [0.2, 0.25) is 5.02 Å². The van der Waals surface area contributed by atoms with Crippen molar-refractivity contribution in [2.24, 2.45) is 5.16 Å².